The topological polar surface area (TPSA) is 56.8 Å². The molecule has 0 bridgehead atoms. The first-order chi connectivity index (χ1) is 9.58. The molecule has 0 aliphatic rings. The molecule has 0 radical (unpaired) electrons. The maximum atomic E-state index is 11.6. The number of hydrogen-bond acceptors (Lipinski definition) is 4. The smallest absolute Gasteiger partial charge is 0.257 e. The highest BCUT2D eigenvalue weighted by atomic mass is 16.5. The van der Waals surface area contributed by atoms with Crippen LogP contribution in [0.1, 0.15) is 20.3 Å². The zero-order chi connectivity index (χ0) is 15.0. The van der Waals surface area contributed by atoms with Gasteiger partial charge in [0, 0.05) is 6.54 Å². The average molecular weight is 281 g/mol. The van der Waals surface area contributed by atoms with Crippen LogP contribution in [0, 0.1) is 5.92 Å². The predicted molar refractivity (Wildman–Crippen MR) is 77.5 cm³/mol. The van der Waals surface area contributed by atoms with Crippen LogP contribution in [-0.4, -0.2) is 33.3 Å². The molecule has 1 aromatic carbocycles. The number of para-hydroxylation sites is 1. The number of nitrogens with one attached hydrogen (secondary N) is 1. The predicted octanol–water partition coefficient (Wildman–Crippen LogP) is 2.24. The van der Waals surface area contributed by atoms with E-state index in [1.165, 1.54) is 7.11 Å². The van der Waals surface area contributed by atoms with Crippen molar-refractivity contribution in [3.8, 4) is 17.2 Å². The van der Waals surface area contributed by atoms with Gasteiger partial charge in [0.25, 0.3) is 5.91 Å². The van der Waals surface area contributed by atoms with Crippen LogP contribution in [-0.2, 0) is 4.79 Å². The molecule has 0 aliphatic heterocycles. The summed E-state index contributed by atoms with van der Waals surface area (Å²) < 4.78 is 15.9. The summed E-state index contributed by atoms with van der Waals surface area (Å²) in [4.78, 5) is 11.6. The summed E-state index contributed by atoms with van der Waals surface area (Å²) >= 11 is 0. The number of amides is 1. The van der Waals surface area contributed by atoms with Crippen molar-refractivity contribution >= 4 is 5.91 Å². The van der Waals surface area contributed by atoms with Crippen molar-refractivity contribution in [2.45, 2.75) is 20.3 Å². The number of methoxy groups -OCH3 is 2. The molecule has 1 aromatic rings. The molecule has 112 valence electrons. The normalized spacial score (nSPS) is 10.2. The van der Waals surface area contributed by atoms with Crippen molar-refractivity contribution in [2.24, 2.45) is 5.92 Å². The standard InChI is InChI=1S/C15H23NO4/c1-11(2)8-9-16-14(17)10-20-13-7-5-6-12(18-3)15(13)19-4/h5-7,11H,8-10H2,1-4H3,(H,16,17). The molecule has 0 fully saturated rings. The molecule has 0 unspecified atom stereocenters. The van der Waals surface area contributed by atoms with Gasteiger partial charge >= 0.3 is 0 Å². The molecule has 1 amide bonds. The van der Waals surface area contributed by atoms with E-state index in [-0.39, 0.29) is 12.5 Å². The van der Waals surface area contributed by atoms with Gasteiger partial charge < -0.3 is 19.5 Å². The van der Waals surface area contributed by atoms with E-state index >= 15 is 0 Å². The van der Waals surface area contributed by atoms with E-state index in [1.54, 1.807) is 25.3 Å². The molecule has 20 heavy (non-hydrogen) atoms. The summed E-state index contributed by atoms with van der Waals surface area (Å²) in [6.07, 6.45) is 0.953. The van der Waals surface area contributed by atoms with E-state index in [9.17, 15) is 4.79 Å². The molecular formula is C15H23NO4. The lowest BCUT2D eigenvalue weighted by atomic mass is 10.1. The van der Waals surface area contributed by atoms with Crippen molar-refractivity contribution in [2.75, 3.05) is 27.4 Å². The lowest BCUT2D eigenvalue weighted by molar-refractivity contribution is -0.123. The zero-order valence-corrected chi connectivity index (χ0v) is 12.6. The Labute approximate surface area is 120 Å². The Kier molecular flexibility index (Phi) is 6.70. The molecule has 5 heteroatoms. The van der Waals surface area contributed by atoms with Crippen LogP contribution in [0.25, 0.3) is 0 Å². The van der Waals surface area contributed by atoms with Gasteiger partial charge in [0.2, 0.25) is 5.75 Å². The van der Waals surface area contributed by atoms with E-state index in [0.29, 0.717) is 29.7 Å². The van der Waals surface area contributed by atoms with Crippen LogP contribution >= 0.6 is 0 Å². The van der Waals surface area contributed by atoms with Crippen LogP contribution in [0.3, 0.4) is 0 Å². The Morgan fingerprint density at radius 3 is 2.50 bits per heavy atom. The maximum absolute atomic E-state index is 11.6. The third-order valence-electron chi connectivity index (χ3n) is 2.77. The average Bonchev–Trinajstić information content (AvgIpc) is 2.44. The van der Waals surface area contributed by atoms with E-state index in [0.717, 1.165) is 6.42 Å². The van der Waals surface area contributed by atoms with Crippen molar-refractivity contribution < 1.29 is 19.0 Å². The van der Waals surface area contributed by atoms with Gasteiger partial charge in [-0.3, -0.25) is 4.79 Å². The summed E-state index contributed by atoms with van der Waals surface area (Å²) in [6, 6.07) is 5.30. The first kappa shape index (κ1) is 16.1. The van der Waals surface area contributed by atoms with Gasteiger partial charge in [0.15, 0.2) is 18.1 Å². The van der Waals surface area contributed by atoms with Gasteiger partial charge in [-0.2, -0.15) is 0 Å². The fourth-order valence-corrected chi connectivity index (χ4v) is 1.67. The Balaban J connectivity index is 2.51. The Bertz CT molecular complexity index is 432. The van der Waals surface area contributed by atoms with Crippen LogP contribution in [0.2, 0.25) is 0 Å². The van der Waals surface area contributed by atoms with Gasteiger partial charge in [-0.15, -0.1) is 0 Å². The molecule has 0 aromatic heterocycles. The van der Waals surface area contributed by atoms with Gasteiger partial charge in [-0.25, -0.2) is 0 Å². The Morgan fingerprint density at radius 1 is 1.20 bits per heavy atom. The van der Waals surface area contributed by atoms with Crippen LogP contribution in [0.4, 0.5) is 0 Å². The second-order valence-corrected chi connectivity index (χ2v) is 4.81. The quantitative estimate of drug-likeness (QED) is 0.794. The first-order valence-corrected chi connectivity index (χ1v) is 6.69. The molecule has 0 spiro atoms. The lowest BCUT2D eigenvalue weighted by Gasteiger charge is -2.13. The molecule has 1 N–H and O–H groups in total. The SMILES string of the molecule is COc1cccc(OCC(=O)NCCC(C)C)c1OC. The fraction of sp³-hybridized carbons (Fsp3) is 0.533. The van der Waals surface area contributed by atoms with Crippen molar-refractivity contribution in [3.05, 3.63) is 18.2 Å². The van der Waals surface area contributed by atoms with Gasteiger partial charge in [0.05, 0.1) is 14.2 Å². The summed E-state index contributed by atoms with van der Waals surface area (Å²) in [6.45, 7) is 4.85. The minimum Gasteiger partial charge on any atom is -0.493 e. The Morgan fingerprint density at radius 2 is 1.90 bits per heavy atom. The maximum Gasteiger partial charge on any atom is 0.257 e. The van der Waals surface area contributed by atoms with Crippen LogP contribution in [0.15, 0.2) is 18.2 Å². The monoisotopic (exact) mass is 281 g/mol. The minimum absolute atomic E-state index is 0.0401. The van der Waals surface area contributed by atoms with E-state index < -0.39 is 0 Å². The number of rotatable bonds is 8. The summed E-state index contributed by atoms with van der Waals surface area (Å²) in [5.74, 6) is 1.98. The number of benzene rings is 1. The number of carbonyl (C=O) groups is 1. The number of hydrogen-bond donors (Lipinski definition) is 1. The molecule has 0 saturated heterocycles. The molecule has 0 heterocycles. The third-order valence-corrected chi connectivity index (χ3v) is 2.77. The second kappa shape index (κ2) is 8.30. The largest absolute Gasteiger partial charge is 0.493 e. The number of carbonyl (C=O) groups excluding carboxylic acids is 1. The van der Waals surface area contributed by atoms with Gasteiger partial charge in [-0.05, 0) is 24.5 Å². The molecule has 1 rings (SSSR count). The molecular weight excluding hydrogens is 258 g/mol. The fourth-order valence-electron chi connectivity index (χ4n) is 1.67. The third kappa shape index (κ3) is 4.99. The van der Waals surface area contributed by atoms with Crippen LogP contribution in [0.5, 0.6) is 17.2 Å². The number of ether oxygens (including phenoxy) is 3. The molecule has 5 nitrogen and oxygen atoms in total. The van der Waals surface area contributed by atoms with E-state index in [2.05, 4.69) is 19.2 Å². The summed E-state index contributed by atoms with van der Waals surface area (Å²) in [5.41, 5.74) is 0. The highest BCUT2D eigenvalue weighted by Crippen LogP contribution is 2.36. The molecule has 0 saturated carbocycles. The van der Waals surface area contributed by atoms with E-state index in [1.807, 2.05) is 0 Å². The lowest BCUT2D eigenvalue weighted by Crippen LogP contribution is -2.30. The summed E-state index contributed by atoms with van der Waals surface area (Å²) in [7, 11) is 3.09. The second-order valence-electron chi connectivity index (χ2n) is 4.81. The highest BCUT2D eigenvalue weighted by molar-refractivity contribution is 5.77. The Hall–Kier alpha value is -1.91. The van der Waals surface area contributed by atoms with Crippen molar-refractivity contribution in [1.29, 1.82) is 0 Å². The van der Waals surface area contributed by atoms with Gasteiger partial charge in [0.1, 0.15) is 0 Å². The molecule has 0 aliphatic carbocycles. The van der Waals surface area contributed by atoms with Crippen molar-refractivity contribution in [3.63, 3.8) is 0 Å². The zero-order valence-electron chi connectivity index (χ0n) is 12.6. The summed E-state index contributed by atoms with van der Waals surface area (Å²) in [5, 5.41) is 2.81. The molecule has 0 atom stereocenters. The minimum atomic E-state index is -0.143. The van der Waals surface area contributed by atoms with E-state index in [4.69, 9.17) is 14.2 Å². The first-order valence-electron chi connectivity index (χ1n) is 6.69. The highest BCUT2D eigenvalue weighted by Gasteiger charge is 2.12. The van der Waals surface area contributed by atoms with Crippen LogP contribution < -0.4 is 19.5 Å². The van der Waals surface area contributed by atoms with Crippen molar-refractivity contribution in [1.82, 2.24) is 5.32 Å². The van der Waals surface area contributed by atoms with Gasteiger partial charge in [-0.1, -0.05) is 19.9 Å².